The molecule has 2 aromatic rings. The zero-order valence-corrected chi connectivity index (χ0v) is 19.5. The molecule has 4 rings (SSSR count). The number of hydrogen-bond acceptors (Lipinski definition) is 4. The zero-order valence-electron chi connectivity index (χ0n) is 19.5. The predicted molar refractivity (Wildman–Crippen MR) is 128 cm³/mol. The maximum absolute atomic E-state index is 12.4. The summed E-state index contributed by atoms with van der Waals surface area (Å²) in [5.74, 6) is -1.56. The Labute approximate surface area is 199 Å². The molecule has 0 spiro atoms. The van der Waals surface area contributed by atoms with E-state index in [0.717, 1.165) is 24.0 Å². The Hall–Kier alpha value is -3.35. The molecule has 180 valence electrons. The summed E-state index contributed by atoms with van der Waals surface area (Å²) in [6.45, 7) is 2.77. The van der Waals surface area contributed by atoms with Crippen LogP contribution < -0.4 is 10.6 Å². The van der Waals surface area contributed by atoms with E-state index in [1.807, 2.05) is 24.3 Å². The van der Waals surface area contributed by atoms with Crippen LogP contribution in [-0.2, 0) is 14.3 Å². The second kappa shape index (κ2) is 10.7. The van der Waals surface area contributed by atoms with Gasteiger partial charge in [-0.3, -0.25) is 9.59 Å². The van der Waals surface area contributed by atoms with Gasteiger partial charge in [0.15, 0.2) is 0 Å². The normalized spacial score (nSPS) is 19.7. The van der Waals surface area contributed by atoms with Gasteiger partial charge in [-0.05, 0) is 47.4 Å². The highest BCUT2D eigenvalue weighted by Gasteiger charge is 2.33. The molecule has 0 radical (unpaired) electrons. The lowest BCUT2D eigenvalue weighted by molar-refractivity contribution is -0.143. The predicted octanol–water partition coefficient (Wildman–Crippen LogP) is 4.17. The average molecular weight is 465 g/mol. The van der Waals surface area contributed by atoms with Crippen LogP contribution in [0, 0.1) is 17.8 Å². The third-order valence-electron chi connectivity index (χ3n) is 7.15. The van der Waals surface area contributed by atoms with E-state index in [9.17, 15) is 19.5 Å². The van der Waals surface area contributed by atoms with Crippen LogP contribution in [0.2, 0.25) is 0 Å². The van der Waals surface area contributed by atoms with Crippen LogP contribution in [0.4, 0.5) is 4.79 Å². The summed E-state index contributed by atoms with van der Waals surface area (Å²) in [5, 5.41) is 14.9. The molecule has 2 aliphatic rings. The molecule has 0 aliphatic heterocycles. The lowest BCUT2D eigenvalue weighted by Gasteiger charge is -2.18. The van der Waals surface area contributed by atoms with Crippen LogP contribution in [0.1, 0.15) is 49.7 Å². The molecule has 0 bridgehead atoms. The van der Waals surface area contributed by atoms with Crippen LogP contribution in [0.15, 0.2) is 48.5 Å². The van der Waals surface area contributed by atoms with Crippen molar-refractivity contribution in [1.29, 1.82) is 0 Å². The molecule has 2 aromatic carbocycles. The molecule has 34 heavy (non-hydrogen) atoms. The van der Waals surface area contributed by atoms with Crippen molar-refractivity contribution in [3.63, 3.8) is 0 Å². The molecule has 0 saturated heterocycles. The van der Waals surface area contributed by atoms with Crippen molar-refractivity contribution >= 4 is 18.0 Å². The summed E-state index contributed by atoms with van der Waals surface area (Å²) in [6.07, 6.45) is 2.37. The number of benzene rings is 2. The number of ether oxygens (including phenoxy) is 1. The van der Waals surface area contributed by atoms with Gasteiger partial charge in [0.1, 0.15) is 6.61 Å². The number of amides is 2. The number of aliphatic carboxylic acids is 1. The lowest BCUT2D eigenvalue weighted by atomic mass is 9.96. The van der Waals surface area contributed by atoms with E-state index in [-0.39, 0.29) is 36.2 Å². The highest BCUT2D eigenvalue weighted by Crippen LogP contribution is 2.44. The van der Waals surface area contributed by atoms with Gasteiger partial charge in [-0.1, -0.05) is 61.9 Å². The minimum Gasteiger partial charge on any atom is -0.481 e. The topological polar surface area (TPSA) is 105 Å². The van der Waals surface area contributed by atoms with Crippen molar-refractivity contribution in [2.45, 2.75) is 38.5 Å². The largest absolute Gasteiger partial charge is 0.481 e. The molecular weight excluding hydrogens is 432 g/mol. The number of carbonyl (C=O) groups is 3. The number of nitrogens with one attached hydrogen (secondary N) is 2. The Kier molecular flexibility index (Phi) is 7.50. The smallest absolute Gasteiger partial charge is 0.407 e. The number of carboxylic acids is 1. The zero-order chi connectivity index (χ0) is 24.1. The van der Waals surface area contributed by atoms with Crippen LogP contribution in [0.3, 0.4) is 0 Å². The van der Waals surface area contributed by atoms with Crippen molar-refractivity contribution in [3.8, 4) is 11.1 Å². The molecule has 1 saturated carbocycles. The molecule has 1 fully saturated rings. The first-order valence-electron chi connectivity index (χ1n) is 12.0. The van der Waals surface area contributed by atoms with Crippen LogP contribution in [0.5, 0.6) is 0 Å². The minimum absolute atomic E-state index is 0.00685. The van der Waals surface area contributed by atoms with Gasteiger partial charge in [-0.2, -0.15) is 0 Å². The highest BCUT2D eigenvalue weighted by molar-refractivity contribution is 5.79. The summed E-state index contributed by atoms with van der Waals surface area (Å²) < 4.78 is 5.52. The first kappa shape index (κ1) is 23.8. The number of rotatable bonds is 9. The van der Waals surface area contributed by atoms with Crippen LogP contribution >= 0.6 is 0 Å². The quantitative estimate of drug-likeness (QED) is 0.517. The van der Waals surface area contributed by atoms with Gasteiger partial charge < -0.3 is 20.5 Å². The average Bonchev–Trinajstić information content (AvgIpc) is 3.44. The lowest BCUT2D eigenvalue weighted by Crippen LogP contribution is -2.37. The van der Waals surface area contributed by atoms with Crippen molar-refractivity contribution in [1.82, 2.24) is 10.6 Å². The summed E-state index contributed by atoms with van der Waals surface area (Å²) in [6, 6.07) is 16.4. The van der Waals surface area contributed by atoms with Crippen molar-refractivity contribution in [3.05, 3.63) is 59.7 Å². The summed E-state index contributed by atoms with van der Waals surface area (Å²) in [7, 11) is 0. The van der Waals surface area contributed by atoms with E-state index in [0.29, 0.717) is 25.9 Å². The Bertz CT molecular complexity index is 1010. The highest BCUT2D eigenvalue weighted by atomic mass is 16.5. The fourth-order valence-corrected chi connectivity index (χ4v) is 5.18. The Morgan fingerprint density at radius 1 is 1.00 bits per heavy atom. The molecule has 0 heterocycles. The number of carbonyl (C=O) groups excluding carboxylic acids is 2. The first-order valence-corrected chi connectivity index (χ1v) is 12.0. The summed E-state index contributed by atoms with van der Waals surface area (Å²) in [4.78, 5) is 36.0. The fraction of sp³-hybridized carbons (Fsp3) is 0.444. The molecule has 3 atom stereocenters. The minimum atomic E-state index is -0.780. The van der Waals surface area contributed by atoms with Gasteiger partial charge in [0, 0.05) is 24.9 Å². The maximum atomic E-state index is 12.4. The van der Waals surface area contributed by atoms with Gasteiger partial charge >= 0.3 is 12.1 Å². The van der Waals surface area contributed by atoms with Crippen molar-refractivity contribution in [2.75, 3.05) is 19.7 Å². The van der Waals surface area contributed by atoms with E-state index in [4.69, 9.17) is 4.74 Å². The molecule has 2 aliphatic carbocycles. The SMILES string of the molecule is CC(CCNC(=O)OCC1c2ccccc2-c2ccccc21)C(=O)NC[C@@H]1CCC[C@@H]1C(=O)O. The third-order valence-corrected chi connectivity index (χ3v) is 7.15. The van der Waals surface area contributed by atoms with Gasteiger partial charge in [0.05, 0.1) is 5.92 Å². The standard InChI is InChI=1S/C27H32N2O5/c1-17(25(30)29-15-18-7-6-12-19(18)26(31)32)13-14-28-27(33)34-16-24-22-10-4-2-8-20(22)21-9-3-5-11-23(21)24/h2-5,8-11,17-19,24H,6-7,12-16H2,1H3,(H,28,33)(H,29,30)(H,31,32)/t17?,18-,19-/m0/s1. The van der Waals surface area contributed by atoms with E-state index in [2.05, 4.69) is 34.9 Å². The van der Waals surface area contributed by atoms with E-state index >= 15 is 0 Å². The fourth-order valence-electron chi connectivity index (χ4n) is 5.18. The van der Waals surface area contributed by atoms with E-state index in [1.54, 1.807) is 6.92 Å². The number of carboxylic acid groups (broad SMARTS) is 1. The van der Waals surface area contributed by atoms with Crippen molar-refractivity contribution in [2.24, 2.45) is 17.8 Å². The van der Waals surface area contributed by atoms with E-state index in [1.165, 1.54) is 11.1 Å². The second-order valence-corrected chi connectivity index (χ2v) is 9.32. The monoisotopic (exact) mass is 464 g/mol. The second-order valence-electron chi connectivity index (χ2n) is 9.32. The molecule has 1 unspecified atom stereocenters. The van der Waals surface area contributed by atoms with Gasteiger partial charge in [0.25, 0.3) is 0 Å². The summed E-state index contributed by atoms with van der Waals surface area (Å²) in [5.41, 5.74) is 4.68. The molecule has 3 N–H and O–H groups in total. The van der Waals surface area contributed by atoms with Gasteiger partial charge in [-0.25, -0.2) is 4.79 Å². The van der Waals surface area contributed by atoms with Crippen molar-refractivity contribution < 1.29 is 24.2 Å². The van der Waals surface area contributed by atoms with E-state index < -0.39 is 12.1 Å². The molecular formula is C27H32N2O5. The van der Waals surface area contributed by atoms with Gasteiger partial charge in [-0.15, -0.1) is 0 Å². The Balaban J connectivity index is 1.19. The maximum Gasteiger partial charge on any atom is 0.407 e. The summed E-state index contributed by atoms with van der Waals surface area (Å²) >= 11 is 0. The number of fused-ring (bicyclic) bond motifs is 3. The van der Waals surface area contributed by atoms with Gasteiger partial charge in [0.2, 0.25) is 5.91 Å². The van der Waals surface area contributed by atoms with Crippen LogP contribution in [0.25, 0.3) is 11.1 Å². The molecule has 2 amide bonds. The Morgan fingerprint density at radius 3 is 2.29 bits per heavy atom. The number of alkyl carbamates (subject to hydrolysis) is 1. The number of hydrogen-bond donors (Lipinski definition) is 3. The van der Waals surface area contributed by atoms with Crippen LogP contribution in [-0.4, -0.2) is 42.8 Å². The molecule has 0 aromatic heterocycles. The molecule has 7 nitrogen and oxygen atoms in total. The molecule has 7 heteroatoms. The Morgan fingerprint density at radius 2 is 1.65 bits per heavy atom. The third kappa shape index (κ3) is 5.24. The first-order chi connectivity index (χ1) is 16.5.